The molecule has 0 amide bonds. The van der Waals surface area contributed by atoms with E-state index in [1.165, 1.54) is 11.3 Å². The van der Waals surface area contributed by atoms with Crippen LogP contribution in [0.25, 0.3) is 0 Å². The van der Waals surface area contributed by atoms with Crippen LogP contribution < -0.4 is 10.2 Å². The van der Waals surface area contributed by atoms with Crippen LogP contribution in [0.3, 0.4) is 0 Å². The predicted molar refractivity (Wildman–Crippen MR) is 75.2 cm³/mol. The topological polar surface area (TPSA) is 15.3 Å². The molecule has 1 aromatic carbocycles. The Bertz CT molecular complexity index is 390. The van der Waals surface area contributed by atoms with Gasteiger partial charge in [0.25, 0.3) is 0 Å². The number of anilines is 1. The molecular weight excluding hydrogens is 232 g/mol. The summed E-state index contributed by atoms with van der Waals surface area (Å²) in [5.74, 6) is 0.485. The van der Waals surface area contributed by atoms with Crippen LogP contribution in [0.2, 0.25) is 5.02 Å². The summed E-state index contributed by atoms with van der Waals surface area (Å²) in [6.07, 6.45) is 0. The molecule has 1 aliphatic rings. The predicted octanol–water partition coefficient (Wildman–Crippen LogP) is 3.26. The summed E-state index contributed by atoms with van der Waals surface area (Å²) in [6.45, 7) is 9.72. The van der Waals surface area contributed by atoms with E-state index in [-0.39, 0.29) is 0 Å². The Morgan fingerprint density at radius 3 is 2.76 bits per heavy atom. The van der Waals surface area contributed by atoms with Gasteiger partial charge < -0.3 is 10.2 Å². The highest BCUT2D eigenvalue weighted by molar-refractivity contribution is 6.31. The molecule has 1 unspecified atom stereocenters. The van der Waals surface area contributed by atoms with Crippen LogP contribution in [-0.4, -0.2) is 25.7 Å². The molecule has 0 bridgehead atoms. The molecule has 1 aromatic rings. The summed E-state index contributed by atoms with van der Waals surface area (Å²) >= 11 is 6.34. The third-order valence-corrected chi connectivity index (χ3v) is 3.67. The van der Waals surface area contributed by atoms with Gasteiger partial charge in [-0.2, -0.15) is 0 Å². The highest BCUT2D eigenvalue weighted by Gasteiger charge is 2.16. The van der Waals surface area contributed by atoms with E-state index < -0.39 is 0 Å². The molecule has 2 nitrogen and oxygen atoms in total. The average Bonchev–Trinajstić information content (AvgIpc) is 2.28. The molecule has 1 heterocycles. The quantitative estimate of drug-likeness (QED) is 0.869. The fourth-order valence-corrected chi connectivity index (χ4v) is 2.74. The molecule has 0 aliphatic carbocycles. The molecule has 1 atom stereocenters. The average molecular weight is 253 g/mol. The fourth-order valence-electron chi connectivity index (χ4n) is 2.35. The van der Waals surface area contributed by atoms with Crippen molar-refractivity contribution in [1.82, 2.24) is 5.32 Å². The van der Waals surface area contributed by atoms with Crippen LogP contribution in [0, 0.1) is 0 Å². The van der Waals surface area contributed by atoms with Crippen molar-refractivity contribution in [2.45, 2.75) is 32.7 Å². The minimum absolute atomic E-state index is 0.485. The van der Waals surface area contributed by atoms with Crippen molar-refractivity contribution in [2.24, 2.45) is 0 Å². The van der Waals surface area contributed by atoms with E-state index in [0.29, 0.717) is 12.0 Å². The largest absolute Gasteiger partial charge is 0.369 e. The van der Waals surface area contributed by atoms with Crippen LogP contribution in [-0.2, 0) is 0 Å². The van der Waals surface area contributed by atoms with Crippen LogP contribution in [0.5, 0.6) is 0 Å². The Balaban J connectivity index is 2.19. The van der Waals surface area contributed by atoms with Crippen molar-refractivity contribution in [3.8, 4) is 0 Å². The van der Waals surface area contributed by atoms with E-state index in [1.54, 1.807) is 0 Å². The van der Waals surface area contributed by atoms with Crippen LogP contribution in [0.15, 0.2) is 18.2 Å². The van der Waals surface area contributed by atoms with Gasteiger partial charge in [-0.05, 0) is 30.5 Å². The number of nitrogens with zero attached hydrogens (tertiary/aromatic N) is 1. The van der Waals surface area contributed by atoms with E-state index in [4.69, 9.17) is 11.6 Å². The van der Waals surface area contributed by atoms with Crippen LogP contribution >= 0.6 is 11.6 Å². The fraction of sp³-hybridized carbons (Fsp3) is 0.571. The molecule has 1 N–H and O–H groups in total. The second kappa shape index (κ2) is 5.28. The number of rotatable bonds is 2. The number of hydrogen-bond acceptors (Lipinski definition) is 2. The molecule has 2 rings (SSSR count). The first-order valence-corrected chi connectivity index (χ1v) is 6.73. The van der Waals surface area contributed by atoms with E-state index in [1.807, 2.05) is 0 Å². The summed E-state index contributed by atoms with van der Waals surface area (Å²) in [6, 6.07) is 7.01. The zero-order chi connectivity index (χ0) is 12.4. The van der Waals surface area contributed by atoms with Gasteiger partial charge in [0, 0.05) is 36.4 Å². The maximum absolute atomic E-state index is 6.34. The molecule has 17 heavy (non-hydrogen) atoms. The van der Waals surface area contributed by atoms with Gasteiger partial charge in [-0.3, -0.25) is 0 Å². The van der Waals surface area contributed by atoms with Crippen LogP contribution in [0.1, 0.15) is 32.3 Å². The van der Waals surface area contributed by atoms with Gasteiger partial charge >= 0.3 is 0 Å². The Labute approximate surface area is 109 Å². The maximum atomic E-state index is 6.34. The zero-order valence-corrected chi connectivity index (χ0v) is 11.6. The molecule has 94 valence electrons. The maximum Gasteiger partial charge on any atom is 0.0461 e. The Morgan fingerprint density at radius 1 is 1.41 bits per heavy atom. The molecule has 0 spiro atoms. The summed E-state index contributed by atoms with van der Waals surface area (Å²) in [7, 11) is 0. The summed E-state index contributed by atoms with van der Waals surface area (Å²) in [5.41, 5.74) is 2.48. The first kappa shape index (κ1) is 12.7. The second-order valence-corrected chi connectivity index (χ2v) is 5.57. The van der Waals surface area contributed by atoms with Crippen molar-refractivity contribution in [3.05, 3.63) is 28.8 Å². The summed E-state index contributed by atoms with van der Waals surface area (Å²) < 4.78 is 0. The number of nitrogens with one attached hydrogen (secondary N) is 1. The van der Waals surface area contributed by atoms with E-state index in [9.17, 15) is 0 Å². The van der Waals surface area contributed by atoms with Gasteiger partial charge in [0.1, 0.15) is 0 Å². The van der Waals surface area contributed by atoms with Gasteiger partial charge in [-0.1, -0.05) is 31.5 Å². The monoisotopic (exact) mass is 252 g/mol. The standard InChI is InChI=1S/C14H21ClN2/c1-10(2)13-5-4-12(8-14(13)15)17-7-6-16-11(3)9-17/h4-5,8,10-11,16H,6-7,9H2,1-3H3. The minimum Gasteiger partial charge on any atom is -0.369 e. The molecule has 0 radical (unpaired) electrons. The van der Waals surface area contributed by atoms with Crippen LogP contribution in [0.4, 0.5) is 5.69 Å². The Hall–Kier alpha value is -0.730. The molecule has 0 saturated carbocycles. The molecule has 1 aliphatic heterocycles. The molecule has 1 saturated heterocycles. The molecule has 0 aromatic heterocycles. The zero-order valence-electron chi connectivity index (χ0n) is 10.8. The van der Waals surface area contributed by atoms with E-state index >= 15 is 0 Å². The van der Waals surface area contributed by atoms with Crippen molar-refractivity contribution >= 4 is 17.3 Å². The van der Waals surface area contributed by atoms with E-state index in [2.05, 4.69) is 49.2 Å². The van der Waals surface area contributed by atoms with Crippen molar-refractivity contribution in [1.29, 1.82) is 0 Å². The van der Waals surface area contributed by atoms with Crippen molar-refractivity contribution < 1.29 is 0 Å². The number of benzene rings is 1. The SMILES string of the molecule is CC1CN(c2ccc(C(C)C)c(Cl)c2)CCN1. The smallest absolute Gasteiger partial charge is 0.0461 e. The van der Waals surface area contributed by atoms with Gasteiger partial charge in [0.15, 0.2) is 0 Å². The highest BCUT2D eigenvalue weighted by Crippen LogP contribution is 2.29. The van der Waals surface area contributed by atoms with Gasteiger partial charge in [0.05, 0.1) is 0 Å². The summed E-state index contributed by atoms with van der Waals surface area (Å²) in [4.78, 5) is 2.40. The van der Waals surface area contributed by atoms with Crippen molar-refractivity contribution in [3.63, 3.8) is 0 Å². The molecule has 1 fully saturated rings. The lowest BCUT2D eigenvalue weighted by Crippen LogP contribution is -2.49. The lowest BCUT2D eigenvalue weighted by atomic mass is 10.0. The van der Waals surface area contributed by atoms with Gasteiger partial charge in [-0.25, -0.2) is 0 Å². The van der Waals surface area contributed by atoms with Crippen molar-refractivity contribution in [2.75, 3.05) is 24.5 Å². The molecular formula is C14H21ClN2. The Morgan fingerprint density at radius 2 is 2.18 bits per heavy atom. The summed E-state index contributed by atoms with van der Waals surface area (Å²) in [5, 5.41) is 4.34. The van der Waals surface area contributed by atoms with Gasteiger partial charge in [-0.15, -0.1) is 0 Å². The first-order valence-electron chi connectivity index (χ1n) is 6.35. The number of piperazine rings is 1. The lowest BCUT2D eigenvalue weighted by Gasteiger charge is -2.34. The second-order valence-electron chi connectivity index (χ2n) is 5.16. The van der Waals surface area contributed by atoms with Gasteiger partial charge in [0.2, 0.25) is 0 Å². The number of halogens is 1. The minimum atomic E-state index is 0.485. The van der Waals surface area contributed by atoms with E-state index in [0.717, 1.165) is 24.7 Å². The lowest BCUT2D eigenvalue weighted by molar-refractivity contribution is 0.485. The molecule has 3 heteroatoms. The third-order valence-electron chi connectivity index (χ3n) is 3.34. The Kier molecular flexibility index (Phi) is 3.95. The normalized spacial score (nSPS) is 21.0. The number of hydrogen-bond donors (Lipinski definition) is 1. The highest BCUT2D eigenvalue weighted by atomic mass is 35.5. The first-order chi connectivity index (χ1) is 8.08. The third kappa shape index (κ3) is 2.93.